The van der Waals surface area contributed by atoms with Gasteiger partial charge in [-0.05, 0) is 36.4 Å². The minimum absolute atomic E-state index is 0.0378. The lowest BCUT2D eigenvalue weighted by Crippen LogP contribution is -2.22. The van der Waals surface area contributed by atoms with Gasteiger partial charge in [-0.2, -0.15) is 0 Å². The highest BCUT2D eigenvalue weighted by atomic mass is 35.5. The molecule has 1 amide bonds. The molecule has 1 heterocycles. The molecule has 0 aliphatic carbocycles. The van der Waals surface area contributed by atoms with Gasteiger partial charge in [0.2, 0.25) is 15.9 Å². The predicted molar refractivity (Wildman–Crippen MR) is 123 cm³/mol. The summed E-state index contributed by atoms with van der Waals surface area (Å²) in [5, 5.41) is 3.62. The van der Waals surface area contributed by atoms with Gasteiger partial charge in [-0.3, -0.25) is 4.79 Å². The predicted octanol–water partition coefficient (Wildman–Crippen LogP) is 4.48. The van der Waals surface area contributed by atoms with Crippen LogP contribution in [0.3, 0.4) is 0 Å². The molecule has 2 aromatic carbocycles. The molecule has 8 nitrogen and oxygen atoms in total. The minimum Gasteiger partial charge on any atom is -0.495 e. The summed E-state index contributed by atoms with van der Waals surface area (Å²) in [4.78, 5) is 16.7. The summed E-state index contributed by atoms with van der Waals surface area (Å²) in [7, 11) is 0.629. The van der Waals surface area contributed by atoms with Crippen LogP contribution in [0.15, 0.2) is 51.9 Å². The first-order valence-corrected chi connectivity index (χ1v) is 11.6. The molecule has 1 aromatic heterocycles. The van der Waals surface area contributed by atoms with Crippen LogP contribution in [0.4, 0.5) is 5.69 Å². The van der Waals surface area contributed by atoms with E-state index in [0.29, 0.717) is 33.0 Å². The number of hydrogen-bond donors (Lipinski definition) is 1. The van der Waals surface area contributed by atoms with Gasteiger partial charge < -0.3 is 14.5 Å². The first-order valence-electron chi connectivity index (χ1n) is 9.42. The molecular formula is C21H21Cl2N3O5S. The maximum absolute atomic E-state index is 12.5. The van der Waals surface area contributed by atoms with Crippen molar-refractivity contribution in [3.63, 3.8) is 0 Å². The first-order chi connectivity index (χ1) is 15.1. The summed E-state index contributed by atoms with van der Waals surface area (Å²) in [6.45, 7) is 0. The molecule has 0 aliphatic heterocycles. The van der Waals surface area contributed by atoms with Crippen molar-refractivity contribution >= 4 is 44.8 Å². The summed E-state index contributed by atoms with van der Waals surface area (Å²) in [5.41, 5.74) is 0.893. The Kier molecular flexibility index (Phi) is 7.45. The number of carbonyl (C=O) groups excluding carboxylic acids is 1. The molecular weight excluding hydrogens is 477 g/mol. The van der Waals surface area contributed by atoms with Gasteiger partial charge in [0.25, 0.3) is 0 Å². The second-order valence-electron chi connectivity index (χ2n) is 6.94. The van der Waals surface area contributed by atoms with E-state index in [1.807, 2.05) is 0 Å². The standard InChI is InChI=1S/C21H21Cl2N3O5S/c1-26(2)32(28,29)14-5-7-18(30-3)17(11-14)25-20(27)8-9-21-24-12-19(31-21)15-6-4-13(22)10-16(15)23/h4-7,10-12H,8-9H2,1-3H3,(H,25,27). The van der Waals surface area contributed by atoms with Crippen molar-refractivity contribution in [2.75, 3.05) is 26.5 Å². The van der Waals surface area contributed by atoms with Gasteiger partial charge in [-0.25, -0.2) is 17.7 Å². The second kappa shape index (κ2) is 9.91. The fourth-order valence-electron chi connectivity index (χ4n) is 2.83. The first kappa shape index (κ1) is 24.1. The molecule has 3 rings (SSSR count). The topological polar surface area (TPSA) is 102 Å². The van der Waals surface area contributed by atoms with Crippen LogP contribution in [-0.4, -0.2) is 44.8 Å². The minimum atomic E-state index is -3.66. The van der Waals surface area contributed by atoms with E-state index in [2.05, 4.69) is 10.3 Å². The quantitative estimate of drug-likeness (QED) is 0.492. The maximum Gasteiger partial charge on any atom is 0.242 e. The number of oxazole rings is 1. The molecule has 32 heavy (non-hydrogen) atoms. The lowest BCUT2D eigenvalue weighted by atomic mass is 10.2. The summed E-state index contributed by atoms with van der Waals surface area (Å²) >= 11 is 12.1. The summed E-state index contributed by atoms with van der Waals surface area (Å²) in [6.07, 6.45) is 1.82. The van der Waals surface area contributed by atoms with Crippen molar-refractivity contribution < 1.29 is 22.4 Å². The van der Waals surface area contributed by atoms with E-state index in [1.165, 1.54) is 45.6 Å². The van der Waals surface area contributed by atoms with E-state index in [-0.39, 0.29) is 29.3 Å². The number of ether oxygens (including phenoxy) is 1. The molecule has 170 valence electrons. The number of nitrogens with one attached hydrogen (secondary N) is 1. The van der Waals surface area contributed by atoms with E-state index >= 15 is 0 Å². The molecule has 0 aliphatic rings. The van der Waals surface area contributed by atoms with E-state index in [0.717, 1.165) is 4.31 Å². The molecule has 0 atom stereocenters. The Bertz CT molecular complexity index is 1240. The van der Waals surface area contributed by atoms with Crippen LogP contribution < -0.4 is 10.1 Å². The van der Waals surface area contributed by atoms with Crippen LogP contribution in [0.25, 0.3) is 11.3 Å². The van der Waals surface area contributed by atoms with E-state index in [4.69, 9.17) is 32.4 Å². The van der Waals surface area contributed by atoms with Gasteiger partial charge >= 0.3 is 0 Å². The molecule has 1 N–H and O–H groups in total. The zero-order chi connectivity index (χ0) is 23.5. The largest absolute Gasteiger partial charge is 0.495 e. The molecule has 0 bridgehead atoms. The molecule has 0 spiro atoms. The Morgan fingerprint density at radius 1 is 1.19 bits per heavy atom. The number of aromatic nitrogens is 1. The number of benzene rings is 2. The highest BCUT2D eigenvalue weighted by Crippen LogP contribution is 2.31. The number of amides is 1. The van der Waals surface area contributed by atoms with Crippen molar-refractivity contribution in [2.45, 2.75) is 17.7 Å². The highest BCUT2D eigenvalue weighted by molar-refractivity contribution is 7.89. The van der Waals surface area contributed by atoms with Gasteiger partial charge in [-0.15, -0.1) is 0 Å². The number of nitrogens with zero attached hydrogens (tertiary/aromatic N) is 2. The lowest BCUT2D eigenvalue weighted by molar-refractivity contribution is -0.116. The van der Waals surface area contributed by atoms with E-state index in [9.17, 15) is 13.2 Å². The van der Waals surface area contributed by atoms with Crippen molar-refractivity contribution in [1.82, 2.24) is 9.29 Å². The van der Waals surface area contributed by atoms with Gasteiger partial charge in [0, 0.05) is 37.5 Å². The summed E-state index contributed by atoms with van der Waals surface area (Å²) in [5.74, 6) is 0.807. The number of methoxy groups -OCH3 is 1. The molecule has 0 saturated heterocycles. The Morgan fingerprint density at radius 3 is 2.59 bits per heavy atom. The van der Waals surface area contributed by atoms with Crippen LogP contribution in [-0.2, 0) is 21.2 Å². The molecule has 11 heteroatoms. The number of halogens is 2. The Labute approximate surface area is 196 Å². The van der Waals surface area contributed by atoms with Crippen molar-refractivity contribution in [1.29, 1.82) is 0 Å². The number of anilines is 1. The maximum atomic E-state index is 12.5. The van der Waals surface area contributed by atoms with Gasteiger partial charge in [0.05, 0.1) is 28.9 Å². The number of rotatable bonds is 8. The van der Waals surface area contributed by atoms with E-state index in [1.54, 1.807) is 18.2 Å². The number of carbonyl (C=O) groups is 1. The Hall–Kier alpha value is -2.59. The van der Waals surface area contributed by atoms with E-state index < -0.39 is 10.0 Å². The van der Waals surface area contributed by atoms with Crippen LogP contribution in [0.1, 0.15) is 12.3 Å². The molecule has 0 radical (unpaired) electrons. The van der Waals surface area contributed by atoms with Gasteiger partial charge in [-0.1, -0.05) is 23.2 Å². The molecule has 0 fully saturated rings. The summed E-state index contributed by atoms with van der Waals surface area (Å²) < 4.78 is 36.8. The average molecular weight is 498 g/mol. The number of sulfonamides is 1. The molecule has 0 unspecified atom stereocenters. The third-order valence-corrected chi connectivity index (χ3v) is 6.90. The zero-order valence-corrected chi connectivity index (χ0v) is 19.9. The van der Waals surface area contributed by atoms with Crippen LogP contribution >= 0.6 is 23.2 Å². The lowest BCUT2D eigenvalue weighted by Gasteiger charge is -2.15. The number of aryl methyl sites for hydroxylation is 1. The smallest absolute Gasteiger partial charge is 0.242 e. The van der Waals surface area contributed by atoms with Crippen LogP contribution in [0.2, 0.25) is 10.0 Å². The fraction of sp³-hybridized carbons (Fsp3) is 0.238. The van der Waals surface area contributed by atoms with Gasteiger partial charge in [0.1, 0.15) is 5.75 Å². The molecule has 3 aromatic rings. The SMILES string of the molecule is COc1ccc(S(=O)(=O)N(C)C)cc1NC(=O)CCc1ncc(-c2ccc(Cl)cc2Cl)o1. The third-order valence-electron chi connectivity index (χ3n) is 4.54. The average Bonchev–Trinajstić information content (AvgIpc) is 3.20. The zero-order valence-electron chi connectivity index (χ0n) is 17.6. The Balaban J connectivity index is 1.70. The number of hydrogen-bond acceptors (Lipinski definition) is 6. The summed E-state index contributed by atoms with van der Waals surface area (Å²) in [6, 6.07) is 9.28. The highest BCUT2D eigenvalue weighted by Gasteiger charge is 2.20. The van der Waals surface area contributed by atoms with Crippen LogP contribution in [0, 0.1) is 0 Å². The normalized spacial score (nSPS) is 11.6. The van der Waals surface area contributed by atoms with Crippen molar-refractivity contribution in [2.24, 2.45) is 0 Å². The van der Waals surface area contributed by atoms with Gasteiger partial charge in [0.15, 0.2) is 11.7 Å². The third kappa shape index (κ3) is 5.42. The second-order valence-corrected chi connectivity index (χ2v) is 9.94. The molecule has 0 saturated carbocycles. The Morgan fingerprint density at radius 2 is 1.94 bits per heavy atom. The monoisotopic (exact) mass is 497 g/mol. The van der Waals surface area contributed by atoms with Crippen LogP contribution in [0.5, 0.6) is 5.75 Å². The fourth-order valence-corrected chi connectivity index (χ4v) is 4.26. The van der Waals surface area contributed by atoms with Crippen molar-refractivity contribution in [3.8, 4) is 17.1 Å². The van der Waals surface area contributed by atoms with Crippen molar-refractivity contribution in [3.05, 3.63) is 58.5 Å².